The molecule has 0 bridgehead atoms. The molecule has 40 heavy (non-hydrogen) atoms. The van der Waals surface area contributed by atoms with E-state index in [2.05, 4.69) is 10.6 Å². The molecule has 2 atom stereocenters. The average molecular weight is 570 g/mol. The van der Waals surface area contributed by atoms with Gasteiger partial charge in [-0.1, -0.05) is 35.9 Å². The maximum atomic E-state index is 13.8. The topological polar surface area (TPSA) is 119 Å². The monoisotopic (exact) mass is 569 g/mol. The number of halogens is 1. The van der Waals surface area contributed by atoms with Crippen molar-refractivity contribution in [1.82, 2.24) is 15.5 Å². The zero-order chi connectivity index (χ0) is 28.5. The van der Waals surface area contributed by atoms with E-state index in [4.69, 9.17) is 30.2 Å². The number of amides is 3. The van der Waals surface area contributed by atoms with Gasteiger partial charge >= 0.3 is 0 Å². The third kappa shape index (κ3) is 7.13. The number of carbonyl (C=O) groups excluding carboxylic acids is 3. The highest BCUT2D eigenvalue weighted by molar-refractivity contribution is 6.31. The first-order valence-electron chi connectivity index (χ1n) is 12.9. The van der Waals surface area contributed by atoms with Crippen LogP contribution in [0.2, 0.25) is 5.02 Å². The lowest BCUT2D eigenvalue weighted by atomic mass is 10.0. The van der Waals surface area contributed by atoms with Crippen LogP contribution in [-0.2, 0) is 20.9 Å². The molecule has 212 valence electrons. The molecule has 3 aromatic rings. The Hall–Kier alpha value is -4.02. The van der Waals surface area contributed by atoms with Gasteiger partial charge in [0.15, 0.2) is 17.3 Å². The van der Waals surface area contributed by atoms with E-state index in [1.807, 2.05) is 0 Å². The van der Waals surface area contributed by atoms with Gasteiger partial charge in [-0.3, -0.25) is 14.4 Å². The molecule has 0 unspecified atom stereocenters. The van der Waals surface area contributed by atoms with Crippen LogP contribution in [0.4, 0.5) is 0 Å². The Kier molecular flexibility index (Phi) is 10.0. The number of ether oxygens (including phenoxy) is 3. The van der Waals surface area contributed by atoms with Crippen LogP contribution < -0.4 is 20.1 Å². The van der Waals surface area contributed by atoms with Gasteiger partial charge in [-0.25, -0.2) is 0 Å². The first-order chi connectivity index (χ1) is 19.4. The molecule has 1 aromatic heterocycles. The molecule has 1 saturated heterocycles. The van der Waals surface area contributed by atoms with Gasteiger partial charge in [0, 0.05) is 24.7 Å². The molecule has 0 radical (unpaired) electrons. The zero-order valence-corrected chi connectivity index (χ0v) is 23.1. The van der Waals surface area contributed by atoms with Gasteiger partial charge in [-0.05, 0) is 54.3 Å². The predicted octanol–water partition coefficient (Wildman–Crippen LogP) is 3.75. The van der Waals surface area contributed by atoms with Crippen molar-refractivity contribution in [2.75, 3.05) is 33.9 Å². The minimum Gasteiger partial charge on any atom is -0.493 e. The van der Waals surface area contributed by atoms with Crippen LogP contribution >= 0.6 is 11.6 Å². The van der Waals surface area contributed by atoms with Crippen molar-refractivity contribution in [3.05, 3.63) is 82.8 Å². The van der Waals surface area contributed by atoms with Crippen LogP contribution in [0.5, 0.6) is 11.5 Å². The highest BCUT2D eigenvalue weighted by Gasteiger charge is 2.33. The number of hydrogen-bond acceptors (Lipinski definition) is 7. The molecule has 11 heteroatoms. The predicted molar refractivity (Wildman–Crippen MR) is 147 cm³/mol. The van der Waals surface area contributed by atoms with Crippen LogP contribution in [0.3, 0.4) is 0 Å². The van der Waals surface area contributed by atoms with E-state index in [1.54, 1.807) is 48.5 Å². The third-order valence-electron chi connectivity index (χ3n) is 6.58. The van der Waals surface area contributed by atoms with E-state index in [1.165, 1.54) is 31.4 Å². The number of nitrogens with zero attached hydrogens (tertiary/aromatic N) is 1. The standard InChI is InChI=1S/C29H32ClN3O7/c1-37-23-12-11-19(15-25(23)38-2)27(29(36)31-16-21-8-5-13-39-21)33(18-20-7-3-4-9-22(20)30)26(34)17-32-28(35)24-10-6-14-40-24/h3-4,6-7,9-12,14-15,21,27H,5,8,13,16-18H2,1-2H3,(H,31,36)(H,32,35)/t21-,27-/m0/s1. The lowest BCUT2D eigenvalue weighted by molar-refractivity contribution is -0.141. The molecule has 4 rings (SSSR count). The Morgan fingerprint density at radius 2 is 1.85 bits per heavy atom. The Balaban J connectivity index is 1.69. The Labute approximate surface area is 237 Å². The van der Waals surface area contributed by atoms with Crippen LogP contribution in [0, 0.1) is 0 Å². The average Bonchev–Trinajstić information content (AvgIpc) is 3.70. The van der Waals surface area contributed by atoms with E-state index in [-0.39, 0.29) is 25.0 Å². The van der Waals surface area contributed by atoms with E-state index in [0.29, 0.717) is 40.8 Å². The Morgan fingerprint density at radius 1 is 1.05 bits per heavy atom. The van der Waals surface area contributed by atoms with Gasteiger partial charge in [0.25, 0.3) is 5.91 Å². The zero-order valence-electron chi connectivity index (χ0n) is 22.4. The summed E-state index contributed by atoms with van der Waals surface area (Å²) in [5, 5.41) is 5.96. The fourth-order valence-electron chi connectivity index (χ4n) is 4.50. The minimum absolute atomic E-state index is 0.00148. The Bertz CT molecular complexity index is 1310. The molecule has 0 spiro atoms. The maximum absolute atomic E-state index is 13.8. The van der Waals surface area contributed by atoms with Crippen molar-refractivity contribution in [1.29, 1.82) is 0 Å². The van der Waals surface area contributed by atoms with Crippen molar-refractivity contribution in [2.24, 2.45) is 0 Å². The van der Waals surface area contributed by atoms with Crippen molar-refractivity contribution in [2.45, 2.75) is 31.5 Å². The molecule has 1 fully saturated rings. The second-order valence-electron chi connectivity index (χ2n) is 9.17. The van der Waals surface area contributed by atoms with Crippen LogP contribution in [0.25, 0.3) is 0 Å². The first-order valence-corrected chi connectivity index (χ1v) is 13.2. The molecule has 3 amide bonds. The lowest BCUT2D eigenvalue weighted by Crippen LogP contribution is -2.48. The summed E-state index contributed by atoms with van der Waals surface area (Å²) in [6, 6.07) is 14.1. The lowest BCUT2D eigenvalue weighted by Gasteiger charge is -2.32. The second-order valence-corrected chi connectivity index (χ2v) is 9.58. The van der Waals surface area contributed by atoms with E-state index in [0.717, 1.165) is 12.8 Å². The largest absolute Gasteiger partial charge is 0.493 e. The van der Waals surface area contributed by atoms with Gasteiger partial charge in [0.05, 0.1) is 33.1 Å². The molecule has 1 aliphatic heterocycles. The maximum Gasteiger partial charge on any atom is 0.287 e. The summed E-state index contributed by atoms with van der Waals surface area (Å²) in [4.78, 5) is 41.5. The summed E-state index contributed by atoms with van der Waals surface area (Å²) in [5.74, 6) is -0.544. The summed E-state index contributed by atoms with van der Waals surface area (Å²) in [6.07, 6.45) is 3.02. The fourth-order valence-corrected chi connectivity index (χ4v) is 4.69. The summed E-state index contributed by atoms with van der Waals surface area (Å²) in [6.45, 7) is 0.562. The number of rotatable bonds is 12. The summed E-state index contributed by atoms with van der Waals surface area (Å²) in [7, 11) is 3.00. The quantitative estimate of drug-likeness (QED) is 0.341. The number of benzene rings is 2. The molecule has 2 aromatic carbocycles. The van der Waals surface area contributed by atoms with E-state index in [9.17, 15) is 14.4 Å². The van der Waals surface area contributed by atoms with Crippen molar-refractivity contribution < 1.29 is 33.0 Å². The Morgan fingerprint density at radius 3 is 2.52 bits per heavy atom. The SMILES string of the molecule is COc1ccc([C@@H](C(=O)NC[C@@H]2CCCO2)N(Cc2ccccc2Cl)C(=O)CNC(=O)c2ccco2)cc1OC. The summed E-state index contributed by atoms with van der Waals surface area (Å²) in [5.41, 5.74) is 1.12. The number of hydrogen-bond donors (Lipinski definition) is 2. The van der Waals surface area contributed by atoms with E-state index < -0.39 is 23.8 Å². The van der Waals surface area contributed by atoms with Gasteiger partial charge in [0.1, 0.15) is 6.04 Å². The fraction of sp³-hybridized carbons (Fsp3) is 0.345. The molecule has 10 nitrogen and oxygen atoms in total. The summed E-state index contributed by atoms with van der Waals surface area (Å²) >= 11 is 6.46. The van der Waals surface area contributed by atoms with E-state index >= 15 is 0 Å². The number of furan rings is 1. The smallest absolute Gasteiger partial charge is 0.287 e. The highest BCUT2D eigenvalue weighted by Crippen LogP contribution is 2.33. The molecule has 0 aliphatic carbocycles. The van der Waals surface area contributed by atoms with Gasteiger partial charge in [0.2, 0.25) is 11.8 Å². The van der Waals surface area contributed by atoms with Crippen LogP contribution in [0.1, 0.15) is 40.6 Å². The molecular formula is C29H32ClN3O7. The minimum atomic E-state index is -1.09. The molecular weight excluding hydrogens is 538 g/mol. The first kappa shape index (κ1) is 29.0. The van der Waals surface area contributed by atoms with Crippen molar-refractivity contribution in [3.8, 4) is 11.5 Å². The summed E-state index contributed by atoms with van der Waals surface area (Å²) < 4.78 is 21.6. The molecule has 2 heterocycles. The van der Waals surface area contributed by atoms with Gasteiger partial charge in [-0.2, -0.15) is 0 Å². The van der Waals surface area contributed by atoms with Gasteiger partial charge in [-0.15, -0.1) is 0 Å². The molecule has 1 aliphatic rings. The number of nitrogens with one attached hydrogen (secondary N) is 2. The third-order valence-corrected chi connectivity index (χ3v) is 6.94. The highest BCUT2D eigenvalue weighted by atomic mass is 35.5. The molecule has 0 saturated carbocycles. The normalized spacial score (nSPS) is 15.2. The van der Waals surface area contributed by atoms with Crippen LogP contribution in [0.15, 0.2) is 65.3 Å². The van der Waals surface area contributed by atoms with Crippen LogP contribution in [-0.4, -0.2) is 62.6 Å². The number of methoxy groups -OCH3 is 2. The van der Waals surface area contributed by atoms with Crippen molar-refractivity contribution >= 4 is 29.3 Å². The number of carbonyl (C=O) groups is 3. The second kappa shape index (κ2) is 13.9. The van der Waals surface area contributed by atoms with Gasteiger partial charge < -0.3 is 34.2 Å². The molecule has 2 N–H and O–H groups in total. The van der Waals surface area contributed by atoms with Crippen molar-refractivity contribution in [3.63, 3.8) is 0 Å².